The average molecular weight is 330 g/mol. The fourth-order valence-electron chi connectivity index (χ4n) is 2.85. The molecule has 2 heterocycles. The second kappa shape index (κ2) is 6.92. The zero-order chi connectivity index (χ0) is 17.1. The number of rotatable bonds is 4. The van der Waals surface area contributed by atoms with Gasteiger partial charge in [0.25, 0.3) is 0 Å². The van der Waals surface area contributed by atoms with Crippen LogP contribution in [0, 0.1) is 6.92 Å². The van der Waals surface area contributed by atoms with Crippen LogP contribution in [-0.2, 0) is 4.79 Å². The lowest BCUT2D eigenvalue weighted by Crippen LogP contribution is -2.52. The van der Waals surface area contributed by atoms with E-state index in [0.717, 1.165) is 37.6 Å². The summed E-state index contributed by atoms with van der Waals surface area (Å²) in [6.45, 7) is 6.98. The third kappa shape index (κ3) is 3.68. The highest BCUT2D eigenvalue weighted by atomic mass is 16.5. The molecule has 0 spiro atoms. The van der Waals surface area contributed by atoms with Crippen molar-refractivity contribution in [1.82, 2.24) is 10.1 Å². The highest BCUT2D eigenvalue weighted by Gasteiger charge is 2.26. The van der Waals surface area contributed by atoms with Crippen molar-refractivity contribution < 1.29 is 14.4 Å². The first-order valence-electron chi connectivity index (χ1n) is 8.05. The fraction of sp³-hybridized carbons (Fsp3) is 0.412. The maximum Gasteiger partial charge on any atom is 0.243 e. The molecule has 0 aliphatic carbocycles. The van der Waals surface area contributed by atoms with Crippen LogP contribution in [0.25, 0.3) is 0 Å². The summed E-state index contributed by atoms with van der Waals surface area (Å²) in [6.07, 6.45) is 0. The van der Waals surface area contributed by atoms with Crippen molar-refractivity contribution in [3.05, 3.63) is 36.0 Å². The number of carbonyl (C=O) groups is 1. The van der Waals surface area contributed by atoms with Gasteiger partial charge in [0.2, 0.25) is 11.8 Å². The van der Waals surface area contributed by atoms with Gasteiger partial charge in [-0.25, -0.2) is 0 Å². The molecule has 1 atom stereocenters. The summed E-state index contributed by atoms with van der Waals surface area (Å²) in [5.41, 5.74) is 1.82. The zero-order valence-electron chi connectivity index (χ0n) is 13.9. The molecule has 1 aliphatic heterocycles. The highest BCUT2D eigenvalue weighted by molar-refractivity contribution is 5.93. The molecule has 2 N–H and O–H groups in total. The molecule has 1 aromatic heterocycles. The summed E-state index contributed by atoms with van der Waals surface area (Å²) in [5, 5.41) is 15.9. The molecule has 1 fully saturated rings. The number of aryl methyl sites for hydroxylation is 1. The third-order valence-corrected chi connectivity index (χ3v) is 4.33. The number of anilines is 2. The molecular weight excluding hydrogens is 308 g/mol. The number of carbonyl (C=O) groups excluding carboxylic acids is 1. The van der Waals surface area contributed by atoms with Crippen molar-refractivity contribution >= 4 is 17.5 Å². The van der Waals surface area contributed by atoms with Gasteiger partial charge in [-0.2, -0.15) is 0 Å². The van der Waals surface area contributed by atoms with E-state index in [0.29, 0.717) is 5.88 Å². The van der Waals surface area contributed by atoms with E-state index in [1.807, 2.05) is 26.0 Å². The Bertz CT molecular complexity index is 690. The molecule has 7 nitrogen and oxygen atoms in total. The summed E-state index contributed by atoms with van der Waals surface area (Å²) in [7, 11) is 0. The van der Waals surface area contributed by atoms with Gasteiger partial charge in [-0.3, -0.25) is 15.0 Å². The van der Waals surface area contributed by atoms with E-state index in [1.54, 1.807) is 18.2 Å². The maximum atomic E-state index is 12.3. The summed E-state index contributed by atoms with van der Waals surface area (Å²) >= 11 is 0. The Hall–Kier alpha value is -2.54. The molecule has 0 radical (unpaired) electrons. The van der Waals surface area contributed by atoms with Gasteiger partial charge in [-0.1, -0.05) is 5.16 Å². The summed E-state index contributed by atoms with van der Waals surface area (Å²) in [6, 6.07) is 8.67. The Labute approximate surface area is 140 Å². The standard InChI is InChI=1S/C17H22N4O3/c1-12-11-16(24-19-12)18-17(23)13(2)20-7-9-21(10-8-20)14-3-5-15(22)6-4-14/h3-6,11,13,22H,7-10H2,1-2H3,(H,18,23)/t13-/m0/s1. The first-order valence-corrected chi connectivity index (χ1v) is 8.05. The largest absolute Gasteiger partial charge is 0.508 e. The number of nitrogens with zero attached hydrogens (tertiary/aromatic N) is 3. The van der Waals surface area contributed by atoms with E-state index in [4.69, 9.17) is 4.52 Å². The molecule has 3 rings (SSSR count). The van der Waals surface area contributed by atoms with Gasteiger partial charge >= 0.3 is 0 Å². The predicted octanol–water partition coefficient (Wildman–Crippen LogP) is 1.84. The first-order chi connectivity index (χ1) is 11.5. The van der Waals surface area contributed by atoms with E-state index < -0.39 is 0 Å². The van der Waals surface area contributed by atoms with Crippen molar-refractivity contribution in [2.24, 2.45) is 0 Å². The highest BCUT2D eigenvalue weighted by Crippen LogP contribution is 2.20. The zero-order valence-corrected chi connectivity index (χ0v) is 13.9. The van der Waals surface area contributed by atoms with Gasteiger partial charge < -0.3 is 14.5 Å². The molecule has 2 aromatic rings. The van der Waals surface area contributed by atoms with Crippen molar-refractivity contribution in [2.75, 3.05) is 36.4 Å². The Balaban J connectivity index is 1.53. The maximum absolute atomic E-state index is 12.3. The molecule has 0 bridgehead atoms. The number of aromatic nitrogens is 1. The van der Waals surface area contributed by atoms with E-state index in [9.17, 15) is 9.90 Å². The lowest BCUT2D eigenvalue weighted by molar-refractivity contribution is -0.121. The van der Waals surface area contributed by atoms with Crippen LogP contribution in [0.2, 0.25) is 0 Å². The van der Waals surface area contributed by atoms with Crippen LogP contribution in [0.4, 0.5) is 11.6 Å². The van der Waals surface area contributed by atoms with E-state index in [2.05, 4.69) is 20.3 Å². The van der Waals surface area contributed by atoms with Gasteiger partial charge in [0, 0.05) is 37.9 Å². The van der Waals surface area contributed by atoms with E-state index >= 15 is 0 Å². The van der Waals surface area contributed by atoms with Gasteiger partial charge in [-0.05, 0) is 38.1 Å². The van der Waals surface area contributed by atoms with Crippen LogP contribution >= 0.6 is 0 Å². The molecule has 1 aromatic carbocycles. The molecule has 128 valence electrons. The monoisotopic (exact) mass is 330 g/mol. The number of amides is 1. The van der Waals surface area contributed by atoms with Gasteiger partial charge in [0.1, 0.15) is 5.75 Å². The Morgan fingerprint density at radius 2 is 1.92 bits per heavy atom. The second-order valence-electron chi connectivity index (χ2n) is 6.04. The fourth-order valence-corrected chi connectivity index (χ4v) is 2.85. The van der Waals surface area contributed by atoms with Crippen molar-refractivity contribution in [1.29, 1.82) is 0 Å². The lowest BCUT2D eigenvalue weighted by atomic mass is 10.2. The number of phenols is 1. The van der Waals surface area contributed by atoms with Crippen molar-refractivity contribution in [3.63, 3.8) is 0 Å². The number of piperazine rings is 1. The molecule has 24 heavy (non-hydrogen) atoms. The number of aromatic hydroxyl groups is 1. The number of phenolic OH excluding ortho intramolecular Hbond substituents is 1. The minimum Gasteiger partial charge on any atom is -0.508 e. The Kier molecular flexibility index (Phi) is 4.71. The topological polar surface area (TPSA) is 81.8 Å². The lowest BCUT2D eigenvalue weighted by Gasteiger charge is -2.38. The summed E-state index contributed by atoms with van der Waals surface area (Å²) < 4.78 is 5.03. The Morgan fingerprint density at radius 1 is 1.25 bits per heavy atom. The Morgan fingerprint density at radius 3 is 2.50 bits per heavy atom. The van der Waals surface area contributed by atoms with Crippen molar-refractivity contribution in [3.8, 4) is 5.75 Å². The van der Waals surface area contributed by atoms with Gasteiger partial charge in [0.15, 0.2) is 0 Å². The molecule has 1 amide bonds. The van der Waals surface area contributed by atoms with Crippen LogP contribution < -0.4 is 10.2 Å². The third-order valence-electron chi connectivity index (χ3n) is 4.33. The van der Waals surface area contributed by atoms with Crippen LogP contribution in [-0.4, -0.2) is 53.3 Å². The van der Waals surface area contributed by atoms with Crippen molar-refractivity contribution in [2.45, 2.75) is 19.9 Å². The molecule has 0 saturated carbocycles. The number of hydrogen-bond acceptors (Lipinski definition) is 6. The van der Waals surface area contributed by atoms with Gasteiger partial charge in [0.05, 0.1) is 11.7 Å². The van der Waals surface area contributed by atoms with E-state index in [1.165, 1.54) is 0 Å². The molecular formula is C17H22N4O3. The summed E-state index contributed by atoms with van der Waals surface area (Å²) in [5.74, 6) is 0.557. The normalized spacial score (nSPS) is 16.8. The number of nitrogens with one attached hydrogen (secondary N) is 1. The quantitative estimate of drug-likeness (QED) is 0.890. The average Bonchev–Trinajstić information content (AvgIpc) is 3.00. The van der Waals surface area contributed by atoms with Crippen LogP contribution in [0.15, 0.2) is 34.9 Å². The molecule has 0 unspecified atom stereocenters. The minimum absolute atomic E-state index is 0.0933. The predicted molar refractivity (Wildman–Crippen MR) is 91.2 cm³/mol. The number of benzene rings is 1. The molecule has 7 heteroatoms. The van der Waals surface area contributed by atoms with Crippen LogP contribution in [0.3, 0.4) is 0 Å². The van der Waals surface area contributed by atoms with Crippen LogP contribution in [0.1, 0.15) is 12.6 Å². The number of hydrogen-bond donors (Lipinski definition) is 2. The summed E-state index contributed by atoms with van der Waals surface area (Å²) in [4.78, 5) is 16.7. The first kappa shape index (κ1) is 16.3. The molecule has 1 saturated heterocycles. The minimum atomic E-state index is -0.239. The smallest absolute Gasteiger partial charge is 0.243 e. The SMILES string of the molecule is Cc1cc(NC(=O)[C@H](C)N2CCN(c3ccc(O)cc3)CC2)on1. The van der Waals surface area contributed by atoms with Gasteiger partial charge in [-0.15, -0.1) is 0 Å². The molecule has 1 aliphatic rings. The van der Waals surface area contributed by atoms with E-state index in [-0.39, 0.29) is 17.7 Å². The second-order valence-corrected chi connectivity index (χ2v) is 6.04. The van der Waals surface area contributed by atoms with Crippen LogP contribution in [0.5, 0.6) is 5.75 Å².